The summed E-state index contributed by atoms with van der Waals surface area (Å²) in [7, 11) is 3.76. The monoisotopic (exact) mass is 198 g/mol. The van der Waals surface area contributed by atoms with Crippen LogP contribution in [0.4, 0.5) is 0 Å². The molecule has 0 aromatic heterocycles. The van der Waals surface area contributed by atoms with Crippen molar-refractivity contribution in [1.82, 2.24) is 4.90 Å². The van der Waals surface area contributed by atoms with Crippen molar-refractivity contribution in [2.75, 3.05) is 20.6 Å². The molecule has 0 saturated carbocycles. The molecule has 0 aliphatic heterocycles. The van der Waals surface area contributed by atoms with Crippen LogP contribution in [-0.4, -0.2) is 30.8 Å². The summed E-state index contributed by atoms with van der Waals surface area (Å²) in [5, 5.41) is 0.578. The molecule has 0 saturated heterocycles. The van der Waals surface area contributed by atoms with Gasteiger partial charge in [-0.3, -0.25) is 4.99 Å². The molecule has 0 N–H and O–H groups in total. The number of aliphatic imine (C=N–C) groups is 1. The van der Waals surface area contributed by atoms with Crippen molar-refractivity contribution >= 4 is 29.3 Å². The summed E-state index contributed by atoms with van der Waals surface area (Å²) in [4.78, 5) is 5.93. The van der Waals surface area contributed by atoms with E-state index in [1.165, 1.54) is 0 Å². The number of amidine groups is 1. The van der Waals surface area contributed by atoms with Gasteiger partial charge in [-0.2, -0.15) is 0 Å². The fourth-order valence-corrected chi connectivity index (χ4v) is 0.468. The third-order valence-electron chi connectivity index (χ3n) is 0.956. The van der Waals surface area contributed by atoms with Gasteiger partial charge >= 0.3 is 0 Å². The first kappa shape index (κ1) is 13.6. The van der Waals surface area contributed by atoms with E-state index in [-0.39, 0.29) is 12.4 Å². The molecule has 0 unspecified atom stereocenters. The van der Waals surface area contributed by atoms with Gasteiger partial charge in [0.15, 0.2) is 5.29 Å². The average Bonchev–Trinajstić information content (AvgIpc) is 1.82. The van der Waals surface area contributed by atoms with Crippen LogP contribution < -0.4 is 0 Å². The van der Waals surface area contributed by atoms with Crippen LogP contribution in [-0.2, 0) is 0 Å². The molecule has 0 aliphatic carbocycles. The lowest BCUT2D eigenvalue weighted by Gasteiger charge is -2.08. The first-order chi connectivity index (χ1) is 4.54. The molecule has 0 aromatic rings. The Morgan fingerprint density at radius 3 is 2.18 bits per heavy atom. The molecule has 0 aromatic carbocycles. The van der Waals surface area contributed by atoms with E-state index in [1.807, 2.05) is 14.1 Å². The van der Waals surface area contributed by atoms with Gasteiger partial charge in [-0.05, 0) is 17.5 Å². The second-order valence-corrected chi connectivity index (χ2v) is 3.24. The van der Waals surface area contributed by atoms with E-state index >= 15 is 0 Å². The smallest absolute Gasteiger partial charge is 0.193 e. The van der Waals surface area contributed by atoms with Crippen LogP contribution >= 0.6 is 24.0 Å². The van der Waals surface area contributed by atoms with Gasteiger partial charge < -0.3 is 4.90 Å². The highest BCUT2D eigenvalue weighted by atomic mass is 35.5. The minimum Gasteiger partial charge on any atom is -0.353 e. The van der Waals surface area contributed by atoms with Crippen molar-refractivity contribution in [3.63, 3.8) is 0 Å². The minimum absolute atomic E-state index is 0. The van der Waals surface area contributed by atoms with Crippen molar-refractivity contribution in [3.8, 4) is 0 Å². The fourth-order valence-electron chi connectivity index (χ4n) is 0.399. The van der Waals surface area contributed by atoms with Gasteiger partial charge in [-0.15, -0.1) is 12.4 Å². The first-order valence-corrected chi connectivity index (χ1v) is 3.79. The third-order valence-corrected chi connectivity index (χ3v) is 1.41. The molecule has 0 rings (SSSR count). The Hall–Kier alpha value is 0.0500. The highest BCUT2D eigenvalue weighted by Crippen LogP contribution is 1.96. The topological polar surface area (TPSA) is 15.6 Å². The van der Waals surface area contributed by atoms with Gasteiger partial charge in [-0.25, -0.2) is 0 Å². The van der Waals surface area contributed by atoms with Crippen molar-refractivity contribution in [3.05, 3.63) is 0 Å². The zero-order chi connectivity index (χ0) is 8.15. The van der Waals surface area contributed by atoms with Crippen LogP contribution in [0.15, 0.2) is 4.99 Å². The normalized spacial score (nSPS) is 11.3. The Bertz CT molecular complexity index is 122. The lowest BCUT2D eigenvalue weighted by atomic mass is 10.2. The molecule has 0 bridgehead atoms. The van der Waals surface area contributed by atoms with E-state index in [2.05, 4.69) is 18.8 Å². The van der Waals surface area contributed by atoms with Crippen molar-refractivity contribution in [2.24, 2.45) is 10.9 Å². The van der Waals surface area contributed by atoms with E-state index in [0.717, 1.165) is 6.54 Å². The summed E-state index contributed by atoms with van der Waals surface area (Å²) in [6.07, 6.45) is 0. The maximum absolute atomic E-state index is 5.74. The molecule has 0 aliphatic rings. The Kier molecular flexibility index (Phi) is 8.35. The van der Waals surface area contributed by atoms with Gasteiger partial charge in [0.2, 0.25) is 0 Å². The predicted octanol–water partition coefficient (Wildman–Crippen LogP) is 2.22. The summed E-state index contributed by atoms with van der Waals surface area (Å²) in [5.74, 6) is 0.577. The molecule has 68 valence electrons. The van der Waals surface area contributed by atoms with E-state index < -0.39 is 0 Å². The van der Waals surface area contributed by atoms with Crippen molar-refractivity contribution in [1.29, 1.82) is 0 Å². The lowest BCUT2D eigenvalue weighted by Crippen LogP contribution is -2.17. The highest BCUT2D eigenvalue weighted by molar-refractivity contribution is 6.64. The lowest BCUT2D eigenvalue weighted by molar-refractivity contribution is 0.612. The maximum atomic E-state index is 5.74. The molecule has 0 amide bonds. The highest BCUT2D eigenvalue weighted by Gasteiger charge is 1.95. The average molecular weight is 199 g/mol. The van der Waals surface area contributed by atoms with E-state index in [4.69, 9.17) is 11.6 Å². The minimum atomic E-state index is 0. The van der Waals surface area contributed by atoms with Gasteiger partial charge in [0, 0.05) is 20.6 Å². The van der Waals surface area contributed by atoms with Crippen LogP contribution in [0.2, 0.25) is 0 Å². The molecule has 2 nitrogen and oxygen atoms in total. The van der Waals surface area contributed by atoms with Gasteiger partial charge in [0.25, 0.3) is 0 Å². The number of halogens is 2. The molecule has 0 radical (unpaired) electrons. The van der Waals surface area contributed by atoms with Crippen molar-refractivity contribution in [2.45, 2.75) is 13.8 Å². The molecule has 0 fully saturated rings. The van der Waals surface area contributed by atoms with Gasteiger partial charge in [0.1, 0.15) is 0 Å². The molecule has 0 heterocycles. The molecular weight excluding hydrogens is 183 g/mol. The fraction of sp³-hybridized carbons (Fsp3) is 0.857. The van der Waals surface area contributed by atoms with Crippen LogP contribution in [0.5, 0.6) is 0 Å². The molecule has 0 spiro atoms. The zero-order valence-electron chi connectivity index (χ0n) is 7.47. The Labute approximate surface area is 80.0 Å². The van der Waals surface area contributed by atoms with Crippen LogP contribution in [0, 0.1) is 5.92 Å². The van der Waals surface area contributed by atoms with E-state index in [1.54, 1.807) is 4.90 Å². The third kappa shape index (κ3) is 7.95. The Morgan fingerprint density at radius 1 is 1.45 bits per heavy atom. The largest absolute Gasteiger partial charge is 0.353 e. The summed E-state index contributed by atoms with van der Waals surface area (Å²) >= 11 is 5.74. The summed E-state index contributed by atoms with van der Waals surface area (Å²) in [6, 6.07) is 0. The van der Waals surface area contributed by atoms with E-state index in [0.29, 0.717) is 11.2 Å². The SMILES string of the molecule is CC(C)CN=C(Cl)N(C)C.Cl. The zero-order valence-corrected chi connectivity index (χ0v) is 9.04. The molecule has 11 heavy (non-hydrogen) atoms. The van der Waals surface area contributed by atoms with Gasteiger partial charge in [-0.1, -0.05) is 13.8 Å². The maximum Gasteiger partial charge on any atom is 0.193 e. The number of hydrogen-bond donors (Lipinski definition) is 0. The van der Waals surface area contributed by atoms with E-state index in [9.17, 15) is 0 Å². The van der Waals surface area contributed by atoms with Crippen LogP contribution in [0.25, 0.3) is 0 Å². The first-order valence-electron chi connectivity index (χ1n) is 3.41. The second kappa shape index (κ2) is 6.74. The molecule has 0 atom stereocenters. The summed E-state index contributed by atoms with van der Waals surface area (Å²) < 4.78 is 0. The summed E-state index contributed by atoms with van der Waals surface area (Å²) in [6.45, 7) is 5.03. The predicted molar refractivity (Wildman–Crippen MR) is 53.9 cm³/mol. The molecule has 4 heteroatoms. The number of hydrogen-bond acceptors (Lipinski definition) is 1. The standard InChI is InChI=1S/C7H15ClN2.ClH/c1-6(2)5-9-7(8)10(3)4;/h6H,5H2,1-4H3;1H. The van der Waals surface area contributed by atoms with Crippen LogP contribution in [0.1, 0.15) is 13.8 Å². The second-order valence-electron chi connectivity index (χ2n) is 2.90. The number of rotatable bonds is 2. The summed E-state index contributed by atoms with van der Waals surface area (Å²) in [5.41, 5.74) is 0. The quantitative estimate of drug-likeness (QED) is 0.378. The van der Waals surface area contributed by atoms with Gasteiger partial charge in [0.05, 0.1) is 0 Å². The Balaban J connectivity index is 0. The molecular formula is C7H16Cl2N2. The van der Waals surface area contributed by atoms with Crippen molar-refractivity contribution < 1.29 is 0 Å². The number of nitrogens with zero attached hydrogens (tertiary/aromatic N) is 2. The Morgan fingerprint density at radius 2 is 1.91 bits per heavy atom. The van der Waals surface area contributed by atoms with Crippen LogP contribution in [0.3, 0.4) is 0 Å².